The molecule has 0 atom stereocenters. The fourth-order valence-corrected chi connectivity index (χ4v) is 2.19. The first kappa shape index (κ1) is 13.8. The van der Waals surface area contributed by atoms with Crippen molar-refractivity contribution in [1.82, 2.24) is 10.2 Å². The molecule has 1 aliphatic rings. The maximum Gasteiger partial charge on any atom is 0.180 e. The van der Waals surface area contributed by atoms with Crippen molar-refractivity contribution in [3.63, 3.8) is 0 Å². The van der Waals surface area contributed by atoms with Crippen LogP contribution in [0.15, 0.2) is 18.2 Å². The van der Waals surface area contributed by atoms with E-state index < -0.39 is 0 Å². The second-order valence-electron chi connectivity index (χ2n) is 4.52. The molecule has 0 bridgehead atoms. The molecule has 104 valence electrons. The number of nitrogens with one attached hydrogen (secondary N) is 1. The third-order valence-electron chi connectivity index (χ3n) is 3.28. The Morgan fingerprint density at radius 3 is 2.63 bits per heavy atom. The van der Waals surface area contributed by atoms with Crippen LogP contribution in [0.5, 0.6) is 11.5 Å². The fraction of sp³-hybridized carbons (Fsp3) is 0.500. The summed E-state index contributed by atoms with van der Waals surface area (Å²) in [7, 11) is 3.16. The molecule has 0 amide bonds. The van der Waals surface area contributed by atoms with Gasteiger partial charge in [0, 0.05) is 26.2 Å². The Bertz CT molecular complexity index is 442. The third-order valence-corrected chi connectivity index (χ3v) is 3.28. The summed E-state index contributed by atoms with van der Waals surface area (Å²) in [4.78, 5) is 14.5. The van der Waals surface area contributed by atoms with Crippen LogP contribution in [0, 0.1) is 0 Å². The highest BCUT2D eigenvalue weighted by Gasteiger charge is 2.18. The predicted octanol–water partition coefficient (Wildman–Crippen LogP) is 0.792. The molecule has 1 aromatic carbocycles. The lowest BCUT2D eigenvalue weighted by Gasteiger charge is -2.26. The van der Waals surface area contributed by atoms with Crippen LogP contribution in [0.1, 0.15) is 10.4 Å². The van der Waals surface area contributed by atoms with E-state index in [9.17, 15) is 4.79 Å². The Morgan fingerprint density at radius 2 is 2.00 bits per heavy atom. The zero-order valence-corrected chi connectivity index (χ0v) is 11.4. The van der Waals surface area contributed by atoms with Crippen molar-refractivity contribution in [1.29, 1.82) is 0 Å². The normalized spacial score (nSPS) is 16.1. The molecule has 19 heavy (non-hydrogen) atoms. The van der Waals surface area contributed by atoms with Gasteiger partial charge in [-0.25, -0.2) is 0 Å². The van der Waals surface area contributed by atoms with Gasteiger partial charge in [0.25, 0.3) is 0 Å². The molecular formula is C14H20N2O3. The first-order valence-corrected chi connectivity index (χ1v) is 6.43. The number of ketones is 1. The highest BCUT2D eigenvalue weighted by Crippen LogP contribution is 2.24. The maximum atomic E-state index is 12.4. The minimum absolute atomic E-state index is 0.0673. The molecular weight excluding hydrogens is 244 g/mol. The minimum Gasteiger partial charge on any atom is -0.497 e. The summed E-state index contributed by atoms with van der Waals surface area (Å²) in [6.45, 7) is 4.09. The number of benzene rings is 1. The lowest BCUT2D eigenvalue weighted by atomic mass is 10.1. The van der Waals surface area contributed by atoms with E-state index in [4.69, 9.17) is 9.47 Å². The summed E-state index contributed by atoms with van der Waals surface area (Å²) in [6, 6.07) is 5.30. The van der Waals surface area contributed by atoms with Gasteiger partial charge >= 0.3 is 0 Å². The van der Waals surface area contributed by atoms with Crippen LogP contribution in [0.3, 0.4) is 0 Å². The molecule has 1 N–H and O–H groups in total. The highest BCUT2D eigenvalue weighted by atomic mass is 16.5. The zero-order valence-electron chi connectivity index (χ0n) is 11.4. The minimum atomic E-state index is 0.0673. The number of hydrogen-bond acceptors (Lipinski definition) is 5. The molecule has 1 heterocycles. The molecule has 5 heteroatoms. The van der Waals surface area contributed by atoms with E-state index in [1.165, 1.54) is 0 Å². The van der Waals surface area contributed by atoms with Crippen LogP contribution in [-0.2, 0) is 0 Å². The zero-order chi connectivity index (χ0) is 13.7. The van der Waals surface area contributed by atoms with Gasteiger partial charge in [0.05, 0.1) is 26.3 Å². The molecule has 0 aliphatic carbocycles. The lowest BCUT2D eigenvalue weighted by Crippen LogP contribution is -2.45. The second-order valence-corrected chi connectivity index (χ2v) is 4.52. The number of methoxy groups -OCH3 is 2. The average molecular weight is 264 g/mol. The second kappa shape index (κ2) is 6.54. The molecule has 1 aromatic rings. The van der Waals surface area contributed by atoms with Gasteiger partial charge in [-0.05, 0) is 18.2 Å². The maximum absolute atomic E-state index is 12.4. The number of Topliss-reactive ketones (excluding diaryl/α,β-unsaturated/α-hetero) is 1. The van der Waals surface area contributed by atoms with Gasteiger partial charge in [-0.1, -0.05) is 0 Å². The SMILES string of the molecule is COc1ccc(OC)c(C(=O)CN2CCNCC2)c1. The molecule has 1 aliphatic heterocycles. The summed E-state index contributed by atoms with van der Waals surface area (Å²) >= 11 is 0. The molecule has 1 saturated heterocycles. The van der Waals surface area contributed by atoms with Gasteiger partial charge in [0.1, 0.15) is 11.5 Å². The number of carbonyl (C=O) groups is 1. The van der Waals surface area contributed by atoms with E-state index in [2.05, 4.69) is 10.2 Å². The number of nitrogens with zero attached hydrogens (tertiary/aromatic N) is 1. The van der Waals surface area contributed by atoms with Crippen molar-refractivity contribution in [2.24, 2.45) is 0 Å². The molecule has 0 unspecified atom stereocenters. The quantitative estimate of drug-likeness (QED) is 0.797. The predicted molar refractivity (Wildman–Crippen MR) is 73.2 cm³/mol. The van der Waals surface area contributed by atoms with E-state index in [1.807, 2.05) is 0 Å². The highest BCUT2D eigenvalue weighted by molar-refractivity contribution is 6.00. The van der Waals surface area contributed by atoms with Crippen LogP contribution < -0.4 is 14.8 Å². The van der Waals surface area contributed by atoms with E-state index in [0.29, 0.717) is 23.6 Å². The molecule has 0 spiro atoms. The van der Waals surface area contributed by atoms with Gasteiger partial charge in [-0.3, -0.25) is 9.69 Å². The summed E-state index contributed by atoms with van der Waals surface area (Å²) < 4.78 is 10.4. The van der Waals surface area contributed by atoms with Crippen LogP contribution in [0.25, 0.3) is 0 Å². The average Bonchev–Trinajstić information content (AvgIpc) is 2.47. The van der Waals surface area contributed by atoms with E-state index in [0.717, 1.165) is 26.2 Å². The van der Waals surface area contributed by atoms with Crippen molar-refractivity contribution < 1.29 is 14.3 Å². The molecule has 2 rings (SSSR count). The monoisotopic (exact) mass is 264 g/mol. The first-order chi connectivity index (χ1) is 9.24. The van der Waals surface area contributed by atoms with Crippen molar-refractivity contribution in [3.8, 4) is 11.5 Å². The van der Waals surface area contributed by atoms with Gasteiger partial charge in [0.2, 0.25) is 0 Å². The topological polar surface area (TPSA) is 50.8 Å². The summed E-state index contributed by atoms with van der Waals surface area (Å²) in [6.07, 6.45) is 0. The van der Waals surface area contributed by atoms with Crippen molar-refractivity contribution >= 4 is 5.78 Å². The Morgan fingerprint density at radius 1 is 1.26 bits per heavy atom. The van der Waals surface area contributed by atoms with Gasteiger partial charge < -0.3 is 14.8 Å². The Labute approximate surface area is 113 Å². The van der Waals surface area contributed by atoms with Crippen molar-refractivity contribution in [2.75, 3.05) is 46.9 Å². The molecule has 5 nitrogen and oxygen atoms in total. The Balaban J connectivity index is 2.12. The van der Waals surface area contributed by atoms with Gasteiger partial charge in [0.15, 0.2) is 5.78 Å². The smallest absolute Gasteiger partial charge is 0.180 e. The number of carbonyl (C=O) groups excluding carboxylic acids is 1. The van der Waals surface area contributed by atoms with Crippen LogP contribution in [-0.4, -0.2) is 57.6 Å². The lowest BCUT2D eigenvalue weighted by molar-refractivity contribution is 0.0918. The van der Waals surface area contributed by atoms with E-state index in [-0.39, 0.29) is 5.78 Å². The Kier molecular flexibility index (Phi) is 4.76. The number of ether oxygens (including phenoxy) is 2. The van der Waals surface area contributed by atoms with Gasteiger partial charge in [-0.2, -0.15) is 0 Å². The Hall–Kier alpha value is -1.59. The number of hydrogen-bond donors (Lipinski definition) is 1. The molecule has 0 radical (unpaired) electrons. The fourth-order valence-electron chi connectivity index (χ4n) is 2.19. The van der Waals surface area contributed by atoms with Crippen molar-refractivity contribution in [3.05, 3.63) is 23.8 Å². The van der Waals surface area contributed by atoms with Crippen molar-refractivity contribution in [2.45, 2.75) is 0 Å². The van der Waals surface area contributed by atoms with E-state index in [1.54, 1.807) is 32.4 Å². The number of rotatable bonds is 5. The largest absolute Gasteiger partial charge is 0.497 e. The third kappa shape index (κ3) is 3.45. The summed E-state index contributed by atoms with van der Waals surface area (Å²) in [5.41, 5.74) is 0.584. The molecule has 0 saturated carbocycles. The van der Waals surface area contributed by atoms with Crippen LogP contribution in [0.2, 0.25) is 0 Å². The standard InChI is InChI=1S/C14H20N2O3/c1-18-11-3-4-14(19-2)12(9-11)13(17)10-16-7-5-15-6-8-16/h3-4,9,15H,5-8,10H2,1-2H3. The van der Waals surface area contributed by atoms with Gasteiger partial charge in [-0.15, -0.1) is 0 Å². The van der Waals surface area contributed by atoms with Crippen LogP contribution in [0.4, 0.5) is 0 Å². The first-order valence-electron chi connectivity index (χ1n) is 6.43. The van der Waals surface area contributed by atoms with E-state index >= 15 is 0 Å². The summed E-state index contributed by atoms with van der Waals surface area (Å²) in [5, 5.41) is 3.27. The molecule has 1 fully saturated rings. The summed E-state index contributed by atoms with van der Waals surface area (Å²) in [5.74, 6) is 1.34. The molecule has 0 aromatic heterocycles. The number of piperazine rings is 1. The van der Waals surface area contributed by atoms with Crippen LogP contribution >= 0.6 is 0 Å².